The summed E-state index contributed by atoms with van der Waals surface area (Å²) in [5, 5.41) is 0. The number of hydrogen-bond acceptors (Lipinski definition) is 1. The van der Waals surface area contributed by atoms with E-state index in [0.717, 1.165) is 45.6 Å². The van der Waals surface area contributed by atoms with Crippen LogP contribution in [0.25, 0.3) is 22.3 Å². The van der Waals surface area contributed by atoms with Crippen LogP contribution in [0.1, 0.15) is 37.5 Å². The van der Waals surface area contributed by atoms with Crippen LogP contribution in [0, 0.1) is 5.41 Å². The number of halogens is 3. The van der Waals surface area contributed by atoms with E-state index in [1.807, 2.05) is 46.9 Å². The molecule has 4 aromatic rings. The van der Waals surface area contributed by atoms with Crippen molar-refractivity contribution in [2.75, 3.05) is 0 Å². The number of pyridine rings is 1. The summed E-state index contributed by atoms with van der Waals surface area (Å²) in [4.78, 5) is 4.35. The van der Waals surface area contributed by atoms with Crippen LogP contribution in [-0.4, -0.2) is 9.38 Å². The van der Waals surface area contributed by atoms with Crippen molar-refractivity contribution in [1.82, 2.24) is 9.38 Å². The average Bonchev–Trinajstić information content (AvgIpc) is 3.21. The van der Waals surface area contributed by atoms with E-state index in [4.69, 9.17) is 0 Å². The maximum Gasteiger partial charge on any atom is 0.416 e. The molecule has 2 nitrogen and oxygen atoms in total. The first-order chi connectivity index (χ1) is 14.6. The fourth-order valence-corrected chi connectivity index (χ4v) is 3.67. The lowest BCUT2D eigenvalue weighted by Crippen LogP contribution is -2.06. The number of nitrogens with zero attached hydrogens (tertiary/aromatic N) is 2. The van der Waals surface area contributed by atoms with Crippen LogP contribution < -0.4 is 0 Å². The van der Waals surface area contributed by atoms with E-state index in [0.29, 0.717) is 0 Å². The van der Waals surface area contributed by atoms with Gasteiger partial charge >= 0.3 is 6.18 Å². The molecule has 0 saturated carbocycles. The molecule has 0 aliphatic heterocycles. The maximum absolute atomic E-state index is 13.1. The van der Waals surface area contributed by atoms with Crippen molar-refractivity contribution in [3.05, 3.63) is 102 Å². The molecule has 2 aromatic heterocycles. The molecule has 2 heterocycles. The molecule has 0 saturated heterocycles. The van der Waals surface area contributed by atoms with Gasteiger partial charge in [0.15, 0.2) is 0 Å². The van der Waals surface area contributed by atoms with Crippen LogP contribution >= 0.6 is 0 Å². The van der Waals surface area contributed by atoms with E-state index < -0.39 is 11.7 Å². The summed E-state index contributed by atoms with van der Waals surface area (Å²) in [6, 6.07) is 19.4. The molecule has 31 heavy (non-hydrogen) atoms. The van der Waals surface area contributed by atoms with Crippen LogP contribution in [0.5, 0.6) is 0 Å². The minimum Gasteiger partial charge on any atom is -0.298 e. The minimum absolute atomic E-state index is 0.173. The van der Waals surface area contributed by atoms with Gasteiger partial charge < -0.3 is 0 Å². The quantitative estimate of drug-likeness (QED) is 0.335. The smallest absolute Gasteiger partial charge is 0.298 e. The highest BCUT2D eigenvalue weighted by Crippen LogP contribution is 2.36. The second-order valence-electron chi connectivity index (χ2n) is 8.65. The summed E-state index contributed by atoms with van der Waals surface area (Å²) in [6.45, 7) is 6.22. The fourth-order valence-electron chi connectivity index (χ4n) is 3.67. The standard InChI is InChI=1S/C26H23F3N2/c1-25(2,3)15-22(18-9-11-20(12-10-18)26(27,28)29)21-13-14-23(19-7-5-4-6-8-19)31-17-30-16-24(21)31/h4-17H,1-3H3/b22-15+. The number of allylic oxidation sites excluding steroid dienone is 1. The Balaban J connectivity index is 1.90. The van der Waals surface area contributed by atoms with Gasteiger partial charge in [0.05, 0.1) is 29.3 Å². The third-order valence-corrected chi connectivity index (χ3v) is 5.04. The van der Waals surface area contributed by atoms with Crippen molar-refractivity contribution < 1.29 is 13.2 Å². The molecule has 0 bridgehead atoms. The molecule has 0 aliphatic rings. The van der Waals surface area contributed by atoms with Crippen molar-refractivity contribution in [2.24, 2.45) is 5.41 Å². The summed E-state index contributed by atoms with van der Waals surface area (Å²) in [7, 11) is 0. The molecule has 2 aromatic carbocycles. The molecule has 4 rings (SSSR count). The molecule has 0 spiro atoms. The zero-order valence-electron chi connectivity index (χ0n) is 17.6. The first kappa shape index (κ1) is 20.9. The Morgan fingerprint density at radius 2 is 1.55 bits per heavy atom. The van der Waals surface area contributed by atoms with Gasteiger partial charge in [0.2, 0.25) is 0 Å². The Hall–Kier alpha value is -3.34. The molecular formula is C26H23F3N2. The Morgan fingerprint density at radius 3 is 2.16 bits per heavy atom. The van der Waals surface area contributed by atoms with Gasteiger partial charge in [-0.05, 0) is 40.3 Å². The highest BCUT2D eigenvalue weighted by molar-refractivity contribution is 5.89. The van der Waals surface area contributed by atoms with Gasteiger partial charge in [0.25, 0.3) is 0 Å². The lowest BCUT2D eigenvalue weighted by Gasteiger charge is -2.19. The van der Waals surface area contributed by atoms with Crippen LogP contribution in [0.4, 0.5) is 13.2 Å². The third-order valence-electron chi connectivity index (χ3n) is 5.04. The maximum atomic E-state index is 13.1. The largest absolute Gasteiger partial charge is 0.416 e. The molecule has 0 aliphatic carbocycles. The van der Waals surface area contributed by atoms with Crippen molar-refractivity contribution in [3.8, 4) is 11.3 Å². The number of benzene rings is 2. The Labute approximate surface area is 179 Å². The zero-order chi connectivity index (χ0) is 22.2. The molecule has 0 amide bonds. The SMILES string of the molecule is CC(C)(C)/C=C(\c1ccc(C(F)(F)F)cc1)c1ccc(-c2ccccc2)n2cncc12. The highest BCUT2D eigenvalue weighted by atomic mass is 19.4. The van der Waals surface area contributed by atoms with Crippen molar-refractivity contribution in [3.63, 3.8) is 0 Å². The molecule has 0 unspecified atom stereocenters. The van der Waals surface area contributed by atoms with E-state index in [-0.39, 0.29) is 5.41 Å². The van der Waals surface area contributed by atoms with Gasteiger partial charge in [0, 0.05) is 5.56 Å². The lowest BCUT2D eigenvalue weighted by atomic mass is 9.87. The van der Waals surface area contributed by atoms with E-state index >= 15 is 0 Å². The number of rotatable bonds is 3. The first-order valence-corrected chi connectivity index (χ1v) is 10.0. The van der Waals surface area contributed by atoms with Crippen LogP contribution in [0.15, 0.2) is 85.3 Å². The number of fused-ring (bicyclic) bond motifs is 1. The number of aromatic nitrogens is 2. The summed E-state index contributed by atoms with van der Waals surface area (Å²) in [6.07, 6.45) is 1.30. The van der Waals surface area contributed by atoms with Gasteiger partial charge in [-0.1, -0.05) is 75.4 Å². The summed E-state index contributed by atoms with van der Waals surface area (Å²) >= 11 is 0. The predicted octanol–water partition coefficient (Wildman–Crippen LogP) is 7.50. The fraction of sp³-hybridized carbons (Fsp3) is 0.192. The van der Waals surface area contributed by atoms with Crippen molar-refractivity contribution in [1.29, 1.82) is 0 Å². The number of alkyl halides is 3. The van der Waals surface area contributed by atoms with E-state index in [9.17, 15) is 13.2 Å². The monoisotopic (exact) mass is 420 g/mol. The second kappa shape index (κ2) is 7.73. The molecule has 0 radical (unpaired) electrons. The van der Waals surface area contributed by atoms with Crippen molar-refractivity contribution in [2.45, 2.75) is 26.9 Å². The minimum atomic E-state index is -4.36. The zero-order valence-corrected chi connectivity index (χ0v) is 17.6. The molecule has 0 N–H and O–H groups in total. The molecule has 0 atom stereocenters. The average molecular weight is 420 g/mol. The van der Waals surface area contributed by atoms with E-state index in [1.165, 1.54) is 0 Å². The van der Waals surface area contributed by atoms with Gasteiger partial charge in [-0.2, -0.15) is 13.2 Å². The van der Waals surface area contributed by atoms with Crippen LogP contribution in [0.3, 0.4) is 0 Å². The molecule has 0 fully saturated rings. The molecule has 158 valence electrons. The summed E-state index contributed by atoms with van der Waals surface area (Å²) in [5.74, 6) is 0. The predicted molar refractivity (Wildman–Crippen MR) is 119 cm³/mol. The van der Waals surface area contributed by atoms with Gasteiger partial charge in [-0.15, -0.1) is 0 Å². The molecular weight excluding hydrogens is 397 g/mol. The second-order valence-corrected chi connectivity index (χ2v) is 8.65. The van der Waals surface area contributed by atoms with E-state index in [2.05, 4.69) is 31.8 Å². The van der Waals surface area contributed by atoms with Gasteiger partial charge in [-0.25, -0.2) is 4.98 Å². The van der Waals surface area contributed by atoms with Gasteiger partial charge in [-0.3, -0.25) is 4.40 Å². The Morgan fingerprint density at radius 1 is 0.871 bits per heavy atom. The normalized spacial score (nSPS) is 13.0. The number of hydrogen-bond donors (Lipinski definition) is 0. The van der Waals surface area contributed by atoms with Gasteiger partial charge in [0.1, 0.15) is 0 Å². The number of imidazole rings is 1. The Kier molecular flexibility index (Phi) is 5.21. The lowest BCUT2D eigenvalue weighted by molar-refractivity contribution is -0.137. The Bertz CT molecular complexity index is 1230. The third kappa shape index (κ3) is 4.41. The summed E-state index contributed by atoms with van der Waals surface area (Å²) < 4.78 is 41.2. The highest BCUT2D eigenvalue weighted by Gasteiger charge is 2.30. The van der Waals surface area contributed by atoms with Crippen LogP contribution in [0.2, 0.25) is 0 Å². The van der Waals surface area contributed by atoms with Crippen molar-refractivity contribution >= 4 is 11.1 Å². The van der Waals surface area contributed by atoms with E-state index in [1.54, 1.807) is 24.7 Å². The van der Waals surface area contributed by atoms with Crippen LogP contribution in [-0.2, 0) is 6.18 Å². The topological polar surface area (TPSA) is 17.3 Å². The first-order valence-electron chi connectivity index (χ1n) is 10.0. The molecule has 5 heteroatoms. The summed E-state index contributed by atoms with van der Waals surface area (Å²) in [5.41, 5.74) is 4.67.